The Balaban J connectivity index is 1.93. The van der Waals surface area contributed by atoms with Gasteiger partial charge in [-0.05, 0) is 42.8 Å². The van der Waals surface area contributed by atoms with E-state index in [2.05, 4.69) is 9.97 Å². The maximum atomic E-state index is 6.16. The molecule has 0 saturated heterocycles. The Morgan fingerprint density at radius 3 is 2.76 bits per heavy atom. The van der Waals surface area contributed by atoms with E-state index >= 15 is 0 Å². The lowest BCUT2D eigenvalue weighted by Gasteiger charge is -2.08. The van der Waals surface area contributed by atoms with Crippen LogP contribution < -0.4 is 10.5 Å². The monoisotopic (exact) mass is 299 g/mol. The van der Waals surface area contributed by atoms with Crippen molar-refractivity contribution in [2.24, 2.45) is 5.73 Å². The topological polar surface area (TPSA) is 61.0 Å². The van der Waals surface area contributed by atoms with E-state index in [9.17, 15) is 0 Å². The SMILES string of the molecule is NCCc1ccc(Oc2ccc(Cl)c3cccnc23)nc1. The summed E-state index contributed by atoms with van der Waals surface area (Å²) in [5, 5.41) is 1.51. The summed E-state index contributed by atoms with van der Waals surface area (Å²) in [5.74, 6) is 1.15. The molecule has 0 saturated carbocycles. The molecule has 0 bridgehead atoms. The normalized spacial score (nSPS) is 10.8. The Bertz CT molecular complexity index is 759. The first-order valence-corrected chi connectivity index (χ1v) is 7.02. The Kier molecular flexibility index (Phi) is 3.99. The fourth-order valence-corrected chi connectivity index (χ4v) is 2.31. The van der Waals surface area contributed by atoms with Crippen LogP contribution in [-0.4, -0.2) is 16.5 Å². The summed E-state index contributed by atoms with van der Waals surface area (Å²) in [6.45, 7) is 0.605. The summed E-state index contributed by atoms with van der Waals surface area (Å²) < 4.78 is 5.82. The van der Waals surface area contributed by atoms with Gasteiger partial charge in [0.05, 0.1) is 5.02 Å². The van der Waals surface area contributed by atoms with Gasteiger partial charge in [0.2, 0.25) is 5.88 Å². The molecule has 4 nitrogen and oxygen atoms in total. The summed E-state index contributed by atoms with van der Waals surface area (Å²) in [7, 11) is 0. The average molecular weight is 300 g/mol. The number of halogens is 1. The second kappa shape index (κ2) is 6.08. The number of fused-ring (bicyclic) bond motifs is 1. The van der Waals surface area contributed by atoms with E-state index in [1.165, 1.54) is 0 Å². The number of nitrogens with two attached hydrogens (primary N) is 1. The molecule has 2 N–H and O–H groups in total. The Labute approximate surface area is 127 Å². The number of ether oxygens (including phenoxy) is 1. The van der Waals surface area contributed by atoms with Crippen LogP contribution >= 0.6 is 11.6 Å². The quantitative estimate of drug-likeness (QED) is 0.800. The Morgan fingerprint density at radius 2 is 2.00 bits per heavy atom. The second-order valence-electron chi connectivity index (χ2n) is 4.59. The van der Waals surface area contributed by atoms with Crippen molar-refractivity contribution in [3.05, 3.63) is 59.4 Å². The fourth-order valence-electron chi connectivity index (χ4n) is 2.09. The zero-order valence-corrected chi connectivity index (χ0v) is 12.0. The van der Waals surface area contributed by atoms with Crippen LogP contribution in [0, 0.1) is 0 Å². The van der Waals surface area contributed by atoms with Gasteiger partial charge in [0.1, 0.15) is 5.52 Å². The van der Waals surface area contributed by atoms with E-state index in [-0.39, 0.29) is 0 Å². The number of hydrogen-bond donors (Lipinski definition) is 1. The van der Waals surface area contributed by atoms with Crippen LogP contribution in [0.1, 0.15) is 5.56 Å². The molecule has 1 aromatic carbocycles. The highest BCUT2D eigenvalue weighted by Crippen LogP contribution is 2.31. The van der Waals surface area contributed by atoms with Crippen molar-refractivity contribution in [1.29, 1.82) is 0 Å². The Morgan fingerprint density at radius 1 is 1.10 bits per heavy atom. The van der Waals surface area contributed by atoms with Crippen molar-refractivity contribution in [2.75, 3.05) is 6.54 Å². The van der Waals surface area contributed by atoms with E-state index < -0.39 is 0 Å². The maximum absolute atomic E-state index is 6.16. The van der Waals surface area contributed by atoms with Crippen LogP contribution in [-0.2, 0) is 6.42 Å². The fraction of sp³-hybridized carbons (Fsp3) is 0.125. The predicted molar refractivity (Wildman–Crippen MR) is 83.8 cm³/mol. The number of aromatic nitrogens is 2. The molecule has 0 radical (unpaired) electrons. The molecule has 0 aliphatic carbocycles. The largest absolute Gasteiger partial charge is 0.437 e. The molecule has 0 aliphatic rings. The third-order valence-corrected chi connectivity index (χ3v) is 3.45. The third-order valence-electron chi connectivity index (χ3n) is 3.12. The minimum atomic E-state index is 0.519. The van der Waals surface area contributed by atoms with Gasteiger partial charge in [0.15, 0.2) is 5.75 Å². The van der Waals surface area contributed by atoms with Crippen molar-refractivity contribution >= 4 is 22.5 Å². The lowest BCUT2D eigenvalue weighted by atomic mass is 10.2. The Hall–Kier alpha value is -2.17. The molecular formula is C16H14ClN3O. The third kappa shape index (κ3) is 2.96. The first-order chi connectivity index (χ1) is 10.3. The van der Waals surface area contributed by atoms with Crippen LogP contribution in [0.25, 0.3) is 10.9 Å². The summed E-state index contributed by atoms with van der Waals surface area (Å²) in [6.07, 6.45) is 4.29. The number of hydrogen-bond acceptors (Lipinski definition) is 4. The molecule has 0 aliphatic heterocycles. The van der Waals surface area contributed by atoms with Gasteiger partial charge in [-0.1, -0.05) is 17.7 Å². The van der Waals surface area contributed by atoms with Crippen molar-refractivity contribution in [2.45, 2.75) is 6.42 Å². The van der Waals surface area contributed by atoms with Gasteiger partial charge < -0.3 is 10.5 Å². The lowest BCUT2D eigenvalue weighted by molar-refractivity contribution is 0.466. The molecule has 106 valence electrons. The first-order valence-electron chi connectivity index (χ1n) is 6.64. The van der Waals surface area contributed by atoms with Gasteiger partial charge in [0.25, 0.3) is 0 Å². The zero-order valence-electron chi connectivity index (χ0n) is 11.3. The smallest absolute Gasteiger partial charge is 0.219 e. The molecule has 5 heteroatoms. The van der Waals surface area contributed by atoms with Gasteiger partial charge in [-0.25, -0.2) is 4.98 Å². The predicted octanol–water partition coefficient (Wildman–Crippen LogP) is 3.58. The van der Waals surface area contributed by atoms with E-state index in [4.69, 9.17) is 22.1 Å². The first kappa shape index (κ1) is 13.8. The highest BCUT2D eigenvalue weighted by molar-refractivity contribution is 6.35. The maximum Gasteiger partial charge on any atom is 0.219 e. The minimum absolute atomic E-state index is 0.519. The highest BCUT2D eigenvalue weighted by atomic mass is 35.5. The molecule has 0 atom stereocenters. The van der Waals surface area contributed by atoms with Crippen LogP contribution in [0.5, 0.6) is 11.6 Å². The number of pyridine rings is 2. The van der Waals surface area contributed by atoms with Crippen molar-refractivity contribution in [3.63, 3.8) is 0 Å². The summed E-state index contributed by atoms with van der Waals surface area (Å²) in [5.41, 5.74) is 7.33. The average Bonchev–Trinajstić information content (AvgIpc) is 2.52. The van der Waals surface area contributed by atoms with Crippen LogP contribution in [0.15, 0.2) is 48.8 Å². The molecule has 0 amide bonds. The molecule has 0 spiro atoms. The molecule has 0 fully saturated rings. The molecule has 2 heterocycles. The van der Waals surface area contributed by atoms with Crippen molar-refractivity contribution in [3.8, 4) is 11.6 Å². The molecule has 0 unspecified atom stereocenters. The molecule has 3 rings (SSSR count). The van der Waals surface area contributed by atoms with Crippen molar-refractivity contribution in [1.82, 2.24) is 9.97 Å². The number of nitrogens with zero attached hydrogens (tertiary/aromatic N) is 2. The van der Waals surface area contributed by atoms with E-state index in [1.807, 2.05) is 24.3 Å². The summed E-state index contributed by atoms with van der Waals surface area (Å²) >= 11 is 6.16. The number of rotatable bonds is 4. The van der Waals surface area contributed by atoms with Crippen LogP contribution in [0.2, 0.25) is 5.02 Å². The highest BCUT2D eigenvalue weighted by Gasteiger charge is 2.08. The van der Waals surface area contributed by atoms with Gasteiger partial charge >= 0.3 is 0 Å². The van der Waals surface area contributed by atoms with Gasteiger partial charge in [-0.2, -0.15) is 0 Å². The molecule has 2 aromatic heterocycles. The van der Waals surface area contributed by atoms with Gasteiger partial charge in [-0.3, -0.25) is 4.98 Å². The van der Waals surface area contributed by atoms with E-state index in [0.29, 0.717) is 23.2 Å². The molecule has 21 heavy (non-hydrogen) atoms. The van der Waals surface area contributed by atoms with Gasteiger partial charge in [0, 0.05) is 23.8 Å². The van der Waals surface area contributed by atoms with Crippen molar-refractivity contribution < 1.29 is 4.74 Å². The number of benzene rings is 1. The summed E-state index contributed by atoms with van der Waals surface area (Å²) in [4.78, 5) is 8.61. The van der Waals surface area contributed by atoms with Gasteiger partial charge in [-0.15, -0.1) is 0 Å². The molecule has 3 aromatic rings. The van der Waals surface area contributed by atoms with E-state index in [0.717, 1.165) is 22.9 Å². The van der Waals surface area contributed by atoms with E-state index in [1.54, 1.807) is 24.5 Å². The minimum Gasteiger partial charge on any atom is -0.437 e. The summed E-state index contributed by atoms with van der Waals surface area (Å²) in [6, 6.07) is 11.1. The van der Waals surface area contributed by atoms with Crippen LogP contribution in [0.4, 0.5) is 0 Å². The zero-order chi connectivity index (χ0) is 14.7. The van der Waals surface area contributed by atoms with Crippen LogP contribution in [0.3, 0.4) is 0 Å². The standard InChI is InChI=1S/C16H14ClN3O/c17-13-4-5-14(16-12(13)2-1-9-19-16)21-15-6-3-11(7-8-18)10-20-15/h1-6,9-10H,7-8,18H2. The lowest BCUT2D eigenvalue weighted by Crippen LogP contribution is -2.02. The second-order valence-corrected chi connectivity index (χ2v) is 5.00. The molecular weight excluding hydrogens is 286 g/mol.